The van der Waals surface area contributed by atoms with Crippen LogP contribution in [-0.2, 0) is 0 Å². The fourth-order valence-corrected chi connectivity index (χ4v) is 10.3. The molecule has 0 bridgehead atoms. The van der Waals surface area contributed by atoms with Crippen LogP contribution < -0.4 is 0 Å². The largest absolute Gasteiger partial charge is 0.390 e. The highest BCUT2D eigenvalue weighted by Gasteiger charge is 2.61. The molecule has 0 unspecified atom stereocenters. The minimum absolute atomic E-state index is 0.400. The molecule has 5 aliphatic carbocycles. The van der Waals surface area contributed by atoms with Gasteiger partial charge < -0.3 is 5.11 Å². The third kappa shape index (κ3) is 3.76. The Morgan fingerprint density at radius 3 is 2.26 bits per heavy atom. The number of fused-ring (bicyclic) bond motifs is 5. The summed E-state index contributed by atoms with van der Waals surface area (Å²) in [6, 6.07) is 0. The van der Waals surface area contributed by atoms with E-state index in [0.29, 0.717) is 16.2 Å². The number of hydrogen-bond acceptors (Lipinski definition) is 1. The van der Waals surface area contributed by atoms with E-state index in [1.165, 1.54) is 70.6 Å². The van der Waals surface area contributed by atoms with Gasteiger partial charge >= 0.3 is 0 Å². The van der Waals surface area contributed by atoms with Gasteiger partial charge in [0.25, 0.3) is 0 Å². The molecular weight excluding hydrogens is 376 g/mol. The molecule has 178 valence electrons. The van der Waals surface area contributed by atoms with Crippen LogP contribution in [0.4, 0.5) is 0 Å². The molecule has 0 heterocycles. The first kappa shape index (κ1) is 22.7. The molecular formula is C30H52O. The van der Waals surface area contributed by atoms with E-state index in [1.807, 2.05) is 0 Å². The van der Waals surface area contributed by atoms with Crippen LogP contribution in [0.15, 0.2) is 0 Å². The van der Waals surface area contributed by atoms with Crippen LogP contribution in [0.5, 0.6) is 0 Å². The first-order valence-electron chi connectivity index (χ1n) is 14.2. The molecule has 0 aromatic rings. The minimum Gasteiger partial charge on any atom is -0.390 e. The van der Waals surface area contributed by atoms with Crippen molar-refractivity contribution in [1.82, 2.24) is 0 Å². The van der Waals surface area contributed by atoms with Gasteiger partial charge in [0.2, 0.25) is 0 Å². The lowest BCUT2D eigenvalue weighted by Crippen LogP contribution is -2.55. The van der Waals surface area contributed by atoms with Crippen molar-refractivity contribution in [2.75, 3.05) is 0 Å². The molecule has 5 fully saturated rings. The summed E-state index contributed by atoms with van der Waals surface area (Å²) in [5.41, 5.74) is 1.29. The Morgan fingerprint density at radius 2 is 1.55 bits per heavy atom. The van der Waals surface area contributed by atoms with Gasteiger partial charge in [-0.1, -0.05) is 34.6 Å². The fraction of sp³-hybridized carbons (Fsp3) is 1.00. The summed E-state index contributed by atoms with van der Waals surface area (Å²) in [7, 11) is 0. The van der Waals surface area contributed by atoms with Crippen molar-refractivity contribution in [2.45, 2.75) is 131 Å². The molecule has 5 aliphatic rings. The summed E-state index contributed by atoms with van der Waals surface area (Å²) in [6.07, 6.45) is 18.1. The second-order valence-corrected chi connectivity index (χ2v) is 14.9. The molecule has 5 rings (SSSR count). The Balaban J connectivity index is 1.28. The zero-order valence-corrected chi connectivity index (χ0v) is 21.7. The van der Waals surface area contributed by atoms with Crippen LogP contribution in [0.1, 0.15) is 125 Å². The third-order valence-electron chi connectivity index (χ3n) is 12.6. The molecule has 9 atom stereocenters. The number of rotatable bonds is 5. The van der Waals surface area contributed by atoms with E-state index in [2.05, 4.69) is 41.5 Å². The van der Waals surface area contributed by atoms with Crippen LogP contribution in [0.2, 0.25) is 0 Å². The monoisotopic (exact) mass is 428 g/mol. The molecule has 0 aliphatic heterocycles. The highest BCUT2D eigenvalue weighted by atomic mass is 16.3. The molecule has 0 saturated heterocycles. The number of hydrogen-bond donors (Lipinski definition) is 1. The normalized spacial score (nSPS) is 51.0. The SMILES string of the molecule is C[C@H](CCC(C)(C)C1CC1)[C@H]1CC[C@H]2[C@@H]3CC[C@H]4C[C@@](C)(O)CC[C@]4(C)[C@H]3CC[C@]12C. The summed E-state index contributed by atoms with van der Waals surface area (Å²) in [5.74, 6) is 6.55. The van der Waals surface area contributed by atoms with Gasteiger partial charge in [-0.15, -0.1) is 0 Å². The van der Waals surface area contributed by atoms with Gasteiger partial charge in [0.15, 0.2) is 0 Å². The van der Waals surface area contributed by atoms with Gasteiger partial charge in [-0.05, 0) is 148 Å². The molecule has 1 nitrogen and oxygen atoms in total. The Morgan fingerprint density at radius 1 is 0.839 bits per heavy atom. The van der Waals surface area contributed by atoms with E-state index in [4.69, 9.17) is 0 Å². The van der Waals surface area contributed by atoms with E-state index in [9.17, 15) is 5.11 Å². The fourth-order valence-electron chi connectivity index (χ4n) is 10.3. The van der Waals surface area contributed by atoms with Crippen molar-refractivity contribution in [1.29, 1.82) is 0 Å². The summed E-state index contributed by atoms with van der Waals surface area (Å²) in [4.78, 5) is 0. The lowest BCUT2D eigenvalue weighted by Gasteiger charge is -2.62. The van der Waals surface area contributed by atoms with Crippen LogP contribution in [0.3, 0.4) is 0 Å². The van der Waals surface area contributed by atoms with Crippen LogP contribution >= 0.6 is 0 Å². The van der Waals surface area contributed by atoms with E-state index < -0.39 is 5.60 Å². The average Bonchev–Trinajstić information content (AvgIpc) is 3.49. The van der Waals surface area contributed by atoms with Crippen LogP contribution in [-0.4, -0.2) is 10.7 Å². The quantitative estimate of drug-likeness (QED) is 0.467. The summed E-state index contributed by atoms with van der Waals surface area (Å²) < 4.78 is 0. The Labute approximate surface area is 193 Å². The maximum absolute atomic E-state index is 10.8. The lowest BCUT2D eigenvalue weighted by atomic mass is 9.43. The molecule has 0 radical (unpaired) electrons. The van der Waals surface area contributed by atoms with Crippen molar-refractivity contribution >= 4 is 0 Å². The van der Waals surface area contributed by atoms with Gasteiger partial charge in [-0.25, -0.2) is 0 Å². The summed E-state index contributed by atoms with van der Waals surface area (Å²) in [6.45, 7) is 15.2. The van der Waals surface area contributed by atoms with Crippen LogP contribution in [0.25, 0.3) is 0 Å². The molecule has 31 heavy (non-hydrogen) atoms. The van der Waals surface area contributed by atoms with E-state index in [1.54, 1.807) is 0 Å². The topological polar surface area (TPSA) is 20.2 Å². The first-order valence-corrected chi connectivity index (χ1v) is 14.2. The molecule has 0 aromatic carbocycles. The zero-order chi connectivity index (χ0) is 22.2. The maximum atomic E-state index is 10.8. The molecule has 0 aromatic heterocycles. The summed E-state index contributed by atoms with van der Waals surface area (Å²) in [5, 5.41) is 10.8. The van der Waals surface area contributed by atoms with Gasteiger partial charge in [-0.3, -0.25) is 0 Å². The molecule has 1 heteroatoms. The molecule has 0 amide bonds. The lowest BCUT2D eigenvalue weighted by molar-refractivity contribution is -0.148. The summed E-state index contributed by atoms with van der Waals surface area (Å²) >= 11 is 0. The Hall–Kier alpha value is -0.0400. The highest BCUT2D eigenvalue weighted by molar-refractivity contribution is 5.10. The average molecular weight is 429 g/mol. The Bertz CT molecular complexity index is 674. The second-order valence-electron chi connectivity index (χ2n) is 14.9. The van der Waals surface area contributed by atoms with Gasteiger partial charge in [0.1, 0.15) is 0 Å². The van der Waals surface area contributed by atoms with Gasteiger partial charge in [0.05, 0.1) is 5.60 Å². The maximum Gasteiger partial charge on any atom is 0.0622 e. The van der Waals surface area contributed by atoms with Crippen molar-refractivity contribution in [3.05, 3.63) is 0 Å². The van der Waals surface area contributed by atoms with Crippen molar-refractivity contribution < 1.29 is 5.11 Å². The number of aliphatic hydroxyl groups is 1. The van der Waals surface area contributed by atoms with Crippen molar-refractivity contribution in [3.63, 3.8) is 0 Å². The van der Waals surface area contributed by atoms with E-state index in [0.717, 1.165) is 54.3 Å². The standard InChI is InChI=1S/C30H52O/c1-20(13-15-27(2,3)21-7-8-21)24-11-12-25-23-10-9-22-19-28(4,31)17-18-29(22,5)26(23)14-16-30(24,25)6/h20-26,31H,7-19H2,1-6H3/t20-,22+,23+,24-,25+,26+,28+,29+,30-/m1/s1. The molecule has 0 spiro atoms. The smallest absolute Gasteiger partial charge is 0.0622 e. The predicted octanol–water partition coefficient (Wildman–Crippen LogP) is 8.25. The Kier molecular flexibility index (Phi) is 5.49. The minimum atomic E-state index is -0.400. The van der Waals surface area contributed by atoms with E-state index in [-0.39, 0.29) is 0 Å². The second kappa shape index (κ2) is 7.48. The van der Waals surface area contributed by atoms with Crippen LogP contribution in [0, 0.1) is 57.7 Å². The predicted molar refractivity (Wildman–Crippen MR) is 131 cm³/mol. The zero-order valence-electron chi connectivity index (χ0n) is 21.7. The molecule has 1 N–H and O–H groups in total. The first-order chi connectivity index (χ1) is 14.5. The van der Waals surface area contributed by atoms with Gasteiger partial charge in [0, 0.05) is 0 Å². The highest BCUT2D eigenvalue weighted by Crippen LogP contribution is 2.69. The third-order valence-corrected chi connectivity index (χ3v) is 12.6. The van der Waals surface area contributed by atoms with E-state index >= 15 is 0 Å². The molecule has 5 saturated carbocycles. The van der Waals surface area contributed by atoms with Crippen molar-refractivity contribution in [2.24, 2.45) is 57.7 Å². The van der Waals surface area contributed by atoms with Gasteiger partial charge in [-0.2, -0.15) is 0 Å². The van der Waals surface area contributed by atoms with Crippen molar-refractivity contribution in [3.8, 4) is 0 Å².